The number of aromatic hydroxyl groups is 1. The number of carbonyl (C=O) groups excluding carboxylic acids is 2. The molecule has 14 nitrogen and oxygen atoms in total. The van der Waals surface area contributed by atoms with Crippen molar-refractivity contribution in [2.45, 2.75) is 61.5 Å². The first kappa shape index (κ1) is 35.1. The summed E-state index contributed by atoms with van der Waals surface area (Å²) in [6.07, 6.45) is 1.44. The van der Waals surface area contributed by atoms with Gasteiger partial charge in [-0.05, 0) is 36.1 Å². The lowest BCUT2D eigenvalue weighted by atomic mass is 9.64. The third-order valence-electron chi connectivity index (χ3n) is 10.4. The molecule has 1 aliphatic carbocycles. The van der Waals surface area contributed by atoms with Gasteiger partial charge in [0.05, 0.1) is 43.3 Å². The summed E-state index contributed by atoms with van der Waals surface area (Å²) < 4.78 is 15.7. The summed E-state index contributed by atoms with van der Waals surface area (Å²) in [5.41, 5.74) is 1.31. The fourth-order valence-electron chi connectivity index (χ4n) is 7.87. The van der Waals surface area contributed by atoms with Crippen molar-refractivity contribution in [1.29, 1.82) is 0 Å². The number of phenols is 1. The highest BCUT2D eigenvalue weighted by atomic mass is 79.9. The lowest BCUT2D eigenvalue weighted by Crippen LogP contribution is -2.59. The van der Waals surface area contributed by atoms with E-state index >= 15 is 0 Å². The number of aryl methyl sites for hydroxylation is 4. The van der Waals surface area contributed by atoms with Crippen LogP contribution in [0.15, 0.2) is 50.3 Å². The summed E-state index contributed by atoms with van der Waals surface area (Å²) in [5, 5.41) is 10.6. The lowest BCUT2D eigenvalue weighted by Gasteiger charge is -2.49. The summed E-state index contributed by atoms with van der Waals surface area (Å²) in [7, 11) is 4.56. The minimum Gasteiger partial charge on any atom is -0.507 e. The largest absolute Gasteiger partial charge is 0.507 e. The normalized spacial score (nSPS) is 24.0. The van der Waals surface area contributed by atoms with Crippen molar-refractivity contribution >= 4 is 62.0 Å². The first-order valence-corrected chi connectivity index (χ1v) is 17.9. The number of likely N-dealkylation sites (tertiary alicyclic amines) is 1. The van der Waals surface area contributed by atoms with Crippen LogP contribution in [-0.4, -0.2) is 74.7 Å². The molecule has 2 fully saturated rings. The molecule has 0 radical (unpaired) electrons. The number of allylic oxidation sites excluding steroid dienone is 2. The zero-order chi connectivity index (χ0) is 36.9. The van der Waals surface area contributed by atoms with Crippen LogP contribution in [0, 0.1) is 13.8 Å². The molecule has 7 rings (SSSR count). The Bertz CT molecular complexity index is 2390. The molecule has 3 aliphatic rings. The molecule has 1 N–H and O–H groups in total. The summed E-state index contributed by atoms with van der Waals surface area (Å²) >= 11 is 17.8. The number of benzene rings is 2. The third kappa shape index (κ3) is 4.73. The molecule has 2 aliphatic heterocycles. The molecule has 0 bridgehead atoms. The Labute approximate surface area is 308 Å². The number of alkyl halides is 3. The molecule has 4 atom stereocenters. The summed E-state index contributed by atoms with van der Waals surface area (Å²) in [6, 6.07) is 5.72. The van der Waals surface area contributed by atoms with Crippen molar-refractivity contribution in [2.24, 2.45) is 7.05 Å². The predicted octanol–water partition coefficient (Wildman–Crippen LogP) is 2.99. The number of methoxy groups -OCH3 is 2. The van der Waals surface area contributed by atoms with Crippen molar-refractivity contribution < 1.29 is 24.2 Å². The minimum atomic E-state index is -2.00. The first-order valence-electron chi connectivity index (χ1n) is 16.0. The van der Waals surface area contributed by atoms with Gasteiger partial charge in [0.25, 0.3) is 17.4 Å². The van der Waals surface area contributed by atoms with E-state index < -0.39 is 50.5 Å². The molecule has 2 aromatic heterocycles. The van der Waals surface area contributed by atoms with E-state index in [1.165, 1.54) is 28.2 Å². The molecular formula is C34H33BrCl2N6O8. The lowest BCUT2D eigenvalue weighted by molar-refractivity contribution is -0.138. The average Bonchev–Trinajstić information content (AvgIpc) is 3.43. The maximum absolute atomic E-state index is 14.2. The second kappa shape index (κ2) is 12.1. The molecule has 4 aromatic rings. The van der Waals surface area contributed by atoms with Crippen LogP contribution in [0.1, 0.15) is 40.8 Å². The number of imide groups is 1. The van der Waals surface area contributed by atoms with Crippen LogP contribution in [0.2, 0.25) is 0 Å². The third-order valence-corrected chi connectivity index (χ3v) is 12.3. The molecule has 2 aromatic carbocycles. The van der Waals surface area contributed by atoms with E-state index in [-0.39, 0.29) is 42.8 Å². The highest BCUT2D eigenvalue weighted by Gasteiger charge is 2.75. The van der Waals surface area contributed by atoms with E-state index in [1.807, 2.05) is 0 Å². The van der Waals surface area contributed by atoms with Crippen LogP contribution < -0.4 is 26.4 Å². The zero-order valence-corrected chi connectivity index (χ0v) is 31.3. The quantitative estimate of drug-likeness (QED) is 0.128. The van der Waals surface area contributed by atoms with Crippen LogP contribution in [0.25, 0.3) is 11.0 Å². The molecule has 2 amide bonds. The van der Waals surface area contributed by atoms with Crippen LogP contribution in [0.5, 0.6) is 17.2 Å². The number of phenolic OH excluding ortho intramolecular Hbond substituents is 1. The minimum absolute atomic E-state index is 0.0381. The first-order chi connectivity index (χ1) is 24.1. The maximum Gasteiger partial charge on any atom is 0.347 e. The van der Waals surface area contributed by atoms with Crippen molar-refractivity contribution in [2.75, 3.05) is 19.7 Å². The van der Waals surface area contributed by atoms with E-state index in [4.69, 9.17) is 32.7 Å². The Kier molecular flexibility index (Phi) is 8.34. The molecule has 1 saturated carbocycles. The van der Waals surface area contributed by atoms with E-state index in [1.54, 1.807) is 51.2 Å². The number of carbonyl (C=O) groups is 2. The van der Waals surface area contributed by atoms with Crippen LogP contribution in [0.4, 0.5) is 0 Å². The number of rotatable bonds is 7. The smallest absolute Gasteiger partial charge is 0.347 e. The van der Waals surface area contributed by atoms with E-state index in [9.17, 15) is 29.1 Å². The molecule has 1 saturated heterocycles. The summed E-state index contributed by atoms with van der Waals surface area (Å²) in [5.74, 6) is -1.51. The second-order valence-corrected chi connectivity index (χ2v) is 14.8. The fraction of sp³-hybridized carbons (Fsp3) is 0.412. The van der Waals surface area contributed by atoms with Crippen LogP contribution >= 0.6 is 39.1 Å². The van der Waals surface area contributed by atoms with Crippen LogP contribution in [-0.2, 0) is 36.1 Å². The van der Waals surface area contributed by atoms with Crippen molar-refractivity contribution in [3.05, 3.63) is 89.6 Å². The average molecular weight is 804 g/mol. The Balaban J connectivity index is 1.33. The van der Waals surface area contributed by atoms with Crippen molar-refractivity contribution in [3.63, 3.8) is 0 Å². The fourth-order valence-corrected chi connectivity index (χ4v) is 9.28. The number of hydrogen-bond acceptors (Lipinski definition) is 9. The highest BCUT2D eigenvalue weighted by Crippen LogP contribution is 2.63. The number of ether oxygens (including phenoxy) is 2. The van der Waals surface area contributed by atoms with Gasteiger partial charge in [0, 0.05) is 44.5 Å². The second-order valence-electron chi connectivity index (χ2n) is 13.0. The molecule has 17 heteroatoms. The molecule has 0 spiro atoms. The number of halogens is 3. The molecular weight excluding hydrogens is 771 g/mol. The van der Waals surface area contributed by atoms with Gasteiger partial charge in [0.2, 0.25) is 0 Å². The zero-order valence-electron chi connectivity index (χ0n) is 28.2. The number of amides is 2. The monoisotopic (exact) mass is 802 g/mol. The van der Waals surface area contributed by atoms with Gasteiger partial charge in [0.1, 0.15) is 11.4 Å². The van der Waals surface area contributed by atoms with Gasteiger partial charge >= 0.3 is 11.4 Å². The van der Waals surface area contributed by atoms with Crippen LogP contribution in [0.3, 0.4) is 0 Å². The van der Waals surface area contributed by atoms with E-state index in [2.05, 4.69) is 20.9 Å². The Morgan fingerprint density at radius 1 is 0.980 bits per heavy atom. The number of aromatic nitrogens is 5. The van der Waals surface area contributed by atoms with Gasteiger partial charge in [-0.1, -0.05) is 34.1 Å². The van der Waals surface area contributed by atoms with Crippen molar-refractivity contribution in [1.82, 2.24) is 28.4 Å². The van der Waals surface area contributed by atoms with Gasteiger partial charge in [-0.2, -0.15) is 0 Å². The SMILES string of the molecule is COc1cc2nc(CCn3c(=O)n4n(c3=O)C3CC5(Cl)C(=O)N(CBr)C(=O)C5(Cl)C(c5cc(C)c(O)c(C)c5)C3=CC4)c(=O)n(C)c2cc1OC. The molecule has 4 unspecified atom stereocenters. The number of fused-ring (bicyclic) bond motifs is 5. The number of nitrogens with zero attached hydrogens (tertiary/aromatic N) is 6. The highest BCUT2D eigenvalue weighted by molar-refractivity contribution is 9.09. The number of hydrogen-bond donors (Lipinski definition) is 1. The topological polar surface area (TPSA) is 160 Å². The van der Waals surface area contributed by atoms with Crippen molar-refractivity contribution in [3.8, 4) is 17.2 Å². The van der Waals surface area contributed by atoms with E-state index in [0.717, 1.165) is 9.47 Å². The standard InChI is InChI=1S/C34H33BrCl2N6O8/c1-16-10-18(11-17(2)27(16)44)26-19-6-9-42-31(48)40(8-7-20-28(45)39(3)22-13-25(51-5)24(50-4)12-21(22)38-20)32(49)43(42)23(19)14-33(36)29(46)41(15-35)30(47)34(26,33)37/h6,10-13,23,26,44H,7-9,14-15H2,1-5H3. The molecule has 268 valence electrons. The van der Waals surface area contributed by atoms with Gasteiger partial charge in [-0.25, -0.2) is 28.5 Å². The maximum atomic E-state index is 14.2. The Morgan fingerprint density at radius 3 is 2.25 bits per heavy atom. The predicted molar refractivity (Wildman–Crippen MR) is 192 cm³/mol. The Morgan fingerprint density at radius 2 is 1.63 bits per heavy atom. The molecule has 51 heavy (non-hydrogen) atoms. The molecule has 4 heterocycles. The Hall–Kier alpha value is -4.34. The van der Waals surface area contributed by atoms with E-state index in [0.29, 0.717) is 44.8 Å². The van der Waals surface area contributed by atoms with Gasteiger partial charge < -0.3 is 19.1 Å². The summed E-state index contributed by atoms with van der Waals surface area (Å²) in [4.78, 5) is 70.8. The van der Waals surface area contributed by atoms with Gasteiger partial charge in [0.15, 0.2) is 21.2 Å². The van der Waals surface area contributed by atoms with Gasteiger partial charge in [-0.3, -0.25) is 19.3 Å². The summed E-state index contributed by atoms with van der Waals surface area (Å²) in [6.45, 7) is 3.20. The van der Waals surface area contributed by atoms with Gasteiger partial charge in [-0.15, -0.1) is 23.2 Å².